The minimum atomic E-state index is -0.727. The predicted octanol–water partition coefficient (Wildman–Crippen LogP) is 25.3. The molecule has 0 atom stereocenters. The van der Waals surface area contributed by atoms with Crippen molar-refractivity contribution in [1.82, 2.24) is 0 Å². The van der Waals surface area contributed by atoms with Gasteiger partial charge in [-0.2, -0.15) is 0 Å². The summed E-state index contributed by atoms with van der Waals surface area (Å²) in [6, 6.07) is 131. The van der Waals surface area contributed by atoms with Crippen molar-refractivity contribution in [3.63, 3.8) is 0 Å². The van der Waals surface area contributed by atoms with Crippen LogP contribution in [0.5, 0.6) is 0 Å². The Morgan fingerprint density at radius 2 is 0.569 bits per heavy atom. The average molecular weight is 1290 g/mol. The maximum Gasteiger partial charge on any atom is 0.143 e. The van der Waals surface area contributed by atoms with E-state index in [1.54, 1.807) is 0 Å². The normalized spacial score (nSPS) is 14.5. The van der Waals surface area contributed by atoms with E-state index in [1.165, 1.54) is 144 Å². The van der Waals surface area contributed by atoms with Gasteiger partial charge in [0.25, 0.3) is 0 Å². The first kappa shape index (κ1) is 54.9. The molecular weight excluding hydrogens is 1240 g/mol. The molecule has 16 aromatic carbocycles. The van der Waals surface area contributed by atoms with Crippen LogP contribution in [0.3, 0.4) is 0 Å². The standard InChI is InChI=1S/C99H57NO2/c1-3-23-58(24-4-1)59-43-45-61(46-44-59)100(63-48-50-71-85(54-63)99(81-39-19-11-31-68(81)69-32-12-20-40-82(69)99)88-55-74(60-25-5-2-6-26-60)96-95(92(71)88)73-34-14-22-42-90(73)102-96)62-47-49-70-75-56-87-76(57-86(75)98(84(70)53-62)79-37-17-9-29-66(79)67-30-10-18-38-80(67)98)93-83(51-52-91-94(93)72-33-13-21-41-89(72)101-91)97(87)77-35-15-7-27-64(77)65-28-8-16-36-78(65)97/h1-57H. The van der Waals surface area contributed by atoms with E-state index < -0.39 is 16.2 Å². The van der Waals surface area contributed by atoms with E-state index in [1.807, 2.05) is 0 Å². The zero-order valence-electron chi connectivity index (χ0n) is 55.2. The van der Waals surface area contributed by atoms with Gasteiger partial charge in [0.1, 0.15) is 22.3 Å². The van der Waals surface area contributed by atoms with Crippen molar-refractivity contribution < 1.29 is 8.83 Å². The van der Waals surface area contributed by atoms with E-state index in [0.29, 0.717) is 0 Å². The molecule has 2 aromatic heterocycles. The fraction of sp³-hybridized carbons (Fsp3) is 0.0303. The van der Waals surface area contributed by atoms with Crippen LogP contribution in [0.4, 0.5) is 17.1 Å². The maximum atomic E-state index is 7.14. The summed E-state index contributed by atoms with van der Waals surface area (Å²) in [5.74, 6) is 0. The van der Waals surface area contributed by atoms with Crippen LogP contribution in [0.1, 0.15) is 66.8 Å². The zero-order chi connectivity index (χ0) is 66.3. The van der Waals surface area contributed by atoms with Gasteiger partial charge in [-0.3, -0.25) is 0 Å². The molecule has 0 unspecified atom stereocenters. The molecule has 6 aliphatic rings. The van der Waals surface area contributed by atoms with Gasteiger partial charge in [-0.1, -0.05) is 273 Å². The van der Waals surface area contributed by atoms with E-state index in [0.717, 1.165) is 72.2 Å². The minimum Gasteiger partial charge on any atom is -0.456 e. The van der Waals surface area contributed by atoms with Crippen molar-refractivity contribution in [2.45, 2.75) is 16.2 Å². The number of hydrogen-bond acceptors (Lipinski definition) is 3. The summed E-state index contributed by atoms with van der Waals surface area (Å²) in [5.41, 5.74) is 39.8. The zero-order valence-corrected chi connectivity index (χ0v) is 55.2. The first-order valence-electron chi connectivity index (χ1n) is 35.6. The summed E-state index contributed by atoms with van der Waals surface area (Å²) in [6.07, 6.45) is 0. The summed E-state index contributed by atoms with van der Waals surface area (Å²) in [4.78, 5) is 2.55. The number of rotatable bonds is 5. The Morgan fingerprint density at radius 3 is 1.13 bits per heavy atom. The molecule has 18 aromatic rings. The molecule has 3 heteroatoms. The van der Waals surface area contributed by atoms with Crippen molar-refractivity contribution in [2.75, 3.05) is 4.90 Å². The SMILES string of the molecule is c1ccc(-c2ccc(N(c3ccc4c(c3)C3(c5ccccc5-c5ccccc53)c3cc5c(cc3-4)C3(c4ccccc4-c4ccccc43)c3ccc4oc6ccccc6c4c3-5)c3ccc4c(c3)C3(c5ccccc5-c5ccccc53)c3cc(-c5ccccc5)c5oc6ccccc6c5c3-4)cc2)cc1. The molecule has 470 valence electrons. The van der Waals surface area contributed by atoms with Gasteiger partial charge in [-0.25, -0.2) is 0 Å². The molecule has 0 saturated heterocycles. The van der Waals surface area contributed by atoms with Crippen molar-refractivity contribution in [2.24, 2.45) is 0 Å². The van der Waals surface area contributed by atoms with E-state index in [2.05, 4.69) is 351 Å². The van der Waals surface area contributed by atoms with Gasteiger partial charge < -0.3 is 13.7 Å². The number of anilines is 3. The second kappa shape index (κ2) is 19.6. The quantitative estimate of drug-likeness (QED) is 0.172. The maximum absolute atomic E-state index is 7.14. The van der Waals surface area contributed by atoms with Crippen LogP contribution in [0.2, 0.25) is 0 Å². The Kier molecular flexibility index (Phi) is 10.6. The fourth-order valence-corrected chi connectivity index (χ4v) is 20.5. The number of hydrogen-bond donors (Lipinski definition) is 0. The van der Waals surface area contributed by atoms with Crippen LogP contribution in [-0.4, -0.2) is 0 Å². The molecule has 3 spiro atoms. The lowest BCUT2D eigenvalue weighted by Gasteiger charge is -2.34. The van der Waals surface area contributed by atoms with Gasteiger partial charge >= 0.3 is 0 Å². The van der Waals surface area contributed by atoms with Crippen LogP contribution >= 0.6 is 0 Å². The van der Waals surface area contributed by atoms with E-state index in [-0.39, 0.29) is 0 Å². The lowest BCUT2D eigenvalue weighted by Crippen LogP contribution is -2.27. The van der Waals surface area contributed by atoms with Crippen LogP contribution in [0, 0.1) is 0 Å². The Hall–Kier alpha value is -13.1. The third-order valence-corrected chi connectivity index (χ3v) is 24.3. The summed E-state index contributed by atoms with van der Waals surface area (Å²) >= 11 is 0. The second-order valence-corrected chi connectivity index (χ2v) is 28.6. The highest BCUT2D eigenvalue weighted by Crippen LogP contribution is 2.71. The third kappa shape index (κ3) is 6.60. The topological polar surface area (TPSA) is 29.5 Å². The number of furan rings is 2. The molecule has 0 fully saturated rings. The molecule has 0 saturated carbocycles. The molecule has 3 nitrogen and oxygen atoms in total. The first-order chi connectivity index (χ1) is 50.6. The van der Waals surface area contributed by atoms with Crippen molar-refractivity contribution >= 4 is 60.9 Å². The van der Waals surface area contributed by atoms with Gasteiger partial charge in [0.05, 0.1) is 16.2 Å². The smallest absolute Gasteiger partial charge is 0.143 e. The lowest BCUT2D eigenvalue weighted by molar-refractivity contribution is 0.668. The Morgan fingerprint density at radius 1 is 0.196 bits per heavy atom. The second-order valence-electron chi connectivity index (χ2n) is 28.6. The molecule has 6 aliphatic carbocycles. The first-order valence-corrected chi connectivity index (χ1v) is 35.6. The van der Waals surface area contributed by atoms with Crippen molar-refractivity contribution in [3.05, 3.63) is 413 Å². The molecule has 0 N–H and O–H groups in total. The summed E-state index contributed by atoms with van der Waals surface area (Å²) in [5, 5.41) is 4.56. The molecule has 102 heavy (non-hydrogen) atoms. The van der Waals surface area contributed by atoms with E-state index in [4.69, 9.17) is 8.83 Å². The number of benzene rings is 16. The molecule has 0 amide bonds. The van der Waals surface area contributed by atoms with Crippen molar-refractivity contribution in [1.29, 1.82) is 0 Å². The molecule has 0 aliphatic heterocycles. The van der Waals surface area contributed by atoms with Crippen LogP contribution in [-0.2, 0) is 16.2 Å². The third-order valence-electron chi connectivity index (χ3n) is 24.3. The minimum absolute atomic E-state index is 0.617. The van der Waals surface area contributed by atoms with Crippen LogP contribution < -0.4 is 4.90 Å². The summed E-state index contributed by atoms with van der Waals surface area (Å²) < 4.78 is 14.0. The molecular formula is C99H57NO2. The lowest BCUT2D eigenvalue weighted by atomic mass is 9.68. The largest absolute Gasteiger partial charge is 0.456 e. The Labute approximate surface area is 588 Å². The number of fused-ring (bicyclic) bond motifs is 38. The van der Waals surface area contributed by atoms with E-state index in [9.17, 15) is 0 Å². The summed E-state index contributed by atoms with van der Waals surface area (Å²) in [7, 11) is 0. The monoisotopic (exact) mass is 1290 g/mol. The highest BCUT2D eigenvalue weighted by atomic mass is 16.3. The van der Waals surface area contributed by atoms with Crippen LogP contribution in [0.25, 0.3) is 133 Å². The Balaban J connectivity index is 0.797. The van der Waals surface area contributed by atoms with Gasteiger partial charge in [-0.05, 0) is 223 Å². The Bertz CT molecular complexity index is 6630. The van der Waals surface area contributed by atoms with Crippen LogP contribution in [0.15, 0.2) is 355 Å². The molecule has 0 bridgehead atoms. The number of nitrogens with zero attached hydrogens (tertiary/aromatic N) is 1. The molecule has 2 heterocycles. The summed E-state index contributed by atoms with van der Waals surface area (Å²) in [6.45, 7) is 0. The highest BCUT2D eigenvalue weighted by Gasteiger charge is 2.58. The fourth-order valence-electron chi connectivity index (χ4n) is 20.5. The van der Waals surface area contributed by atoms with Gasteiger partial charge in [0.2, 0.25) is 0 Å². The predicted molar refractivity (Wildman–Crippen MR) is 415 cm³/mol. The highest BCUT2D eigenvalue weighted by molar-refractivity contribution is 6.21. The molecule has 24 rings (SSSR count). The van der Waals surface area contributed by atoms with Gasteiger partial charge in [0.15, 0.2) is 0 Å². The van der Waals surface area contributed by atoms with Crippen molar-refractivity contribution in [3.8, 4) is 89.0 Å². The number of para-hydroxylation sites is 2. The van der Waals surface area contributed by atoms with Gasteiger partial charge in [-0.15, -0.1) is 0 Å². The van der Waals surface area contributed by atoms with Gasteiger partial charge in [0, 0.05) is 44.2 Å². The van der Waals surface area contributed by atoms with E-state index >= 15 is 0 Å². The average Bonchev–Trinajstić information content (AvgIpc) is 1.48. The molecule has 0 radical (unpaired) electrons.